The van der Waals surface area contributed by atoms with Gasteiger partial charge < -0.3 is 0 Å². The number of halogens is 3. The third-order valence-electron chi connectivity index (χ3n) is 1.45. The number of benzene rings is 1. The number of alkyl halides is 1. The van der Waals surface area contributed by atoms with Crippen LogP contribution in [0, 0.1) is 11.3 Å². The van der Waals surface area contributed by atoms with Crippen molar-refractivity contribution in [1.29, 1.82) is 5.26 Å². The van der Waals surface area contributed by atoms with Crippen LogP contribution in [-0.4, -0.2) is 0 Å². The minimum absolute atomic E-state index is 0.451. The minimum atomic E-state index is 0.451. The van der Waals surface area contributed by atoms with Crippen molar-refractivity contribution in [2.75, 3.05) is 0 Å². The average Bonchev–Trinajstić information content (AvgIpc) is 2.09. The van der Waals surface area contributed by atoms with Crippen molar-refractivity contribution in [3.05, 3.63) is 33.3 Å². The molecule has 0 saturated heterocycles. The molecule has 1 rings (SSSR count). The van der Waals surface area contributed by atoms with E-state index in [1.807, 2.05) is 6.07 Å². The van der Waals surface area contributed by atoms with Crippen LogP contribution in [0.4, 0.5) is 0 Å². The molecule has 1 aromatic rings. The summed E-state index contributed by atoms with van der Waals surface area (Å²) in [5, 5.41) is 10.2. The first-order valence-corrected chi connectivity index (χ1v) is 5.01. The second-order valence-electron chi connectivity index (χ2n) is 2.13. The number of nitrogens with zero attached hydrogens (tertiary/aromatic N) is 1. The molecule has 62 valence electrons. The molecule has 0 aliphatic rings. The van der Waals surface area contributed by atoms with Gasteiger partial charge >= 0.3 is 0 Å². The van der Waals surface area contributed by atoms with Gasteiger partial charge in [-0.1, -0.05) is 39.1 Å². The summed E-state index contributed by atoms with van der Waals surface area (Å²) in [6.07, 6.45) is 0. The van der Waals surface area contributed by atoms with Crippen molar-refractivity contribution < 1.29 is 0 Å². The predicted octanol–water partition coefficient (Wildman–Crippen LogP) is 3.76. The first-order valence-electron chi connectivity index (χ1n) is 3.13. The molecule has 0 bridgehead atoms. The van der Waals surface area contributed by atoms with Crippen molar-refractivity contribution in [1.82, 2.24) is 0 Å². The SMILES string of the molecule is N#Cc1ccc(Cl)c(Cl)c1CBr. The van der Waals surface area contributed by atoms with Crippen LogP contribution in [0.25, 0.3) is 0 Å². The first kappa shape index (κ1) is 9.85. The highest BCUT2D eigenvalue weighted by Gasteiger charge is 2.08. The van der Waals surface area contributed by atoms with E-state index in [2.05, 4.69) is 15.9 Å². The molecular weight excluding hydrogens is 261 g/mol. The standard InChI is InChI=1S/C8H4BrCl2N/c9-3-6-5(4-12)1-2-7(10)8(6)11/h1-2H,3H2. The molecule has 1 nitrogen and oxygen atoms in total. The van der Waals surface area contributed by atoms with E-state index in [0.29, 0.717) is 20.9 Å². The summed E-state index contributed by atoms with van der Waals surface area (Å²) in [5.74, 6) is 0. The van der Waals surface area contributed by atoms with Crippen molar-refractivity contribution in [3.63, 3.8) is 0 Å². The Kier molecular flexibility index (Phi) is 3.39. The van der Waals surface area contributed by atoms with Gasteiger partial charge in [-0.05, 0) is 12.1 Å². The van der Waals surface area contributed by atoms with Gasteiger partial charge in [-0.3, -0.25) is 0 Å². The van der Waals surface area contributed by atoms with Gasteiger partial charge in [0, 0.05) is 10.9 Å². The summed E-state index contributed by atoms with van der Waals surface area (Å²) >= 11 is 14.9. The fourth-order valence-corrected chi connectivity index (χ4v) is 1.98. The second kappa shape index (κ2) is 4.13. The Morgan fingerprint density at radius 1 is 1.42 bits per heavy atom. The Balaban J connectivity index is 3.38. The fraction of sp³-hybridized carbons (Fsp3) is 0.125. The number of nitriles is 1. The monoisotopic (exact) mass is 263 g/mol. The van der Waals surface area contributed by atoms with Crippen LogP contribution in [0.1, 0.15) is 11.1 Å². The third kappa shape index (κ3) is 1.74. The van der Waals surface area contributed by atoms with Gasteiger partial charge in [-0.15, -0.1) is 0 Å². The lowest BCUT2D eigenvalue weighted by Gasteiger charge is -2.03. The molecule has 0 radical (unpaired) electrons. The van der Waals surface area contributed by atoms with Gasteiger partial charge in [-0.2, -0.15) is 5.26 Å². The number of hydrogen-bond acceptors (Lipinski definition) is 1. The van der Waals surface area contributed by atoms with Gasteiger partial charge in [0.1, 0.15) is 0 Å². The largest absolute Gasteiger partial charge is 0.192 e. The van der Waals surface area contributed by atoms with Crippen molar-refractivity contribution >= 4 is 39.1 Å². The summed E-state index contributed by atoms with van der Waals surface area (Å²) in [5.41, 5.74) is 1.30. The summed E-state index contributed by atoms with van der Waals surface area (Å²) in [6.45, 7) is 0. The maximum absolute atomic E-state index is 8.69. The summed E-state index contributed by atoms with van der Waals surface area (Å²) in [4.78, 5) is 0. The fourth-order valence-electron chi connectivity index (χ4n) is 0.828. The topological polar surface area (TPSA) is 23.8 Å². The second-order valence-corrected chi connectivity index (χ2v) is 3.48. The molecule has 0 aliphatic heterocycles. The first-order chi connectivity index (χ1) is 5.70. The molecule has 0 fully saturated rings. The van der Waals surface area contributed by atoms with Crippen LogP contribution in [-0.2, 0) is 5.33 Å². The highest BCUT2D eigenvalue weighted by Crippen LogP contribution is 2.29. The molecule has 0 atom stereocenters. The quantitative estimate of drug-likeness (QED) is 0.709. The molecule has 1 aromatic carbocycles. The van der Waals surface area contributed by atoms with Crippen LogP contribution in [0.5, 0.6) is 0 Å². The zero-order valence-electron chi connectivity index (χ0n) is 5.94. The molecule has 0 spiro atoms. The predicted molar refractivity (Wildman–Crippen MR) is 53.8 cm³/mol. The van der Waals surface area contributed by atoms with E-state index >= 15 is 0 Å². The lowest BCUT2D eigenvalue weighted by atomic mass is 10.1. The van der Waals surface area contributed by atoms with Crippen molar-refractivity contribution in [2.24, 2.45) is 0 Å². The molecule has 0 aromatic heterocycles. The minimum Gasteiger partial charge on any atom is -0.192 e. The molecule has 0 aliphatic carbocycles. The molecule has 0 amide bonds. The van der Waals surface area contributed by atoms with E-state index in [0.717, 1.165) is 5.56 Å². The van der Waals surface area contributed by atoms with Crippen LogP contribution in [0.3, 0.4) is 0 Å². The van der Waals surface area contributed by atoms with Gasteiger partial charge in [0.25, 0.3) is 0 Å². The Morgan fingerprint density at radius 3 is 2.58 bits per heavy atom. The molecule has 4 heteroatoms. The Bertz CT molecular complexity index is 344. The lowest BCUT2D eigenvalue weighted by molar-refractivity contribution is 1.37. The van der Waals surface area contributed by atoms with E-state index < -0.39 is 0 Å². The normalized spacial score (nSPS) is 9.50. The Labute approximate surface area is 89.0 Å². The van der Waals surface area contributed by atoms with Crippen LogP contribution in [0.15, 0.2) is 12.1 Å². The van der Waals surface area contributed by atoms with Crippen molar-refractivity contribution in [3.8, 4) is 6.07 Å². The van der Waals surface area contributed by atoms with Crippen LogP contribution < -0.4 is 0 Å². The Morgan fingerprint density at radius 2 is 2.08 bits per heavy atom. The van der Waals surface area contributed by atoms with Crippen molar-refractivity contribution in [2.45, 2.75) is 5.33 Å². The summed E-state index contributed by atoms with van der Waals surface area (Å²) in [6, 6.07) is 5.32. The van der Waals surface area contributed by atoms with E-state index in [1.54, 1.807) is 12.1 Å². The lowest BCUT2D eigenvalue weighted by Crippen LogP contribution is -1.87. The van der Waals surface area contributed by atoms with Gasteiger partial charge in [0.2, 0.25) is 0 Å². The molecule has 0 saturated carbocycles. The van der Waals surface area contributed by atoms with E-state index in [1.165, 1.54) is 0 Å². The van der Waals surface area contributed by atoms with E-state index in [9.17, 15) is 0 Å². The summed E-state index contributed by atoms with van der Waals surface area (Å²) in [7, 11) is 0. The van der Waals surface area contributed by atoms with E-state index in [4.69, 9.17) is 28.5 Å². The summed E-state index contributed by atoms with van der Waals surface area (Å²) < 4.78 is 0. The number of rotatable bonds is 1. The highest BCUT2D eigenvalue weighted by molar-refractivity contribution is 9.08. The van der Waals surface area contributed by atoms with Gasteiger partial charge in [-0.25, -0.2) is 0 Å². The zero-order valence-corrected chi connectivity index (χ0v) is 9.04. The molecule has 12 heavy (non-hydrogen) atoms. The molecular formula is C8H4BrCl2N. The van der Waals surface area contributed by atoms with Gasteiger partial charge in [0.15, 0.2) is 0 Å². The maximum Gasteiger partial charge on any atom is 0.0995 e. The maximum atomic E-state index is 8.69. The van der Waals surface area contributed by atoms with Crippen LogP contribution >= 0.6 is 39.1 Å². The Hall–Kier alpha value is -0.230. The molecule has 0 N–H and O–H groups in total. The average molecular weight is 265 g/mol. The van der Waals surface area contributed by atoms with E-state index in [-0.39, 0.29) is 0 Å². The van der Waals surface area contributed by atoms with Gasteiger partial charge in [0.05, 0.1) is 21.7 Å². The van der Waals surface area contributed by atoms with Crippen LogP contribution in [0.2, 0.25) is 10.0 Å². The third-order valence-corrected chi connectivity index (χ3v) is 2.85. The molecule has 0 unspecified atom stereocenters. The highest BCUT2D eigenvalue weighted by atomic mass is 79.9. The number of hydrogen-bond donors (Lipinski definition) is 0. The smallest absolute Gasteiger partial charge is 0.0995 e. The molecule has 0 heterocycles. The zero-order chi connectivity index (χ0) is 9.14.